The topological polar surface area (TPSA) is 26.3 Å². The zero-order chi connectivity index (χ0) is 26.0. The van der Waals surface area contributed by atoms with E-state index in [1.165, 1.54) is 92.2 Å². The molecule has 2 nitrogen and oxygen atoms in total. The van der Waals surface area contributed by atoms with E-state index in [0.29, 0.717) is 5.92 Å². The fourth-order valence-corrected chi connectivity index (χ4v) is 7.45. The van der Waals surface area contributed by atoms with Crippen LogP contribution >= 0.6 is 27.3 Å². The van der Waals surface area contributed by atoms with Crippen LogP contribution in [0.3, 0.4) is 0 Å². The van der Waals surface area contributed by atoms with Crippen molar-refractivity contribution in [1.82, 2.24) is 0 Å². The van der Waals surface area contributed by atoms with Gasteiger partial charge in [-0.25, -0.2) is 0 Å². The predicted octanol–water partition coefficient (Wildman–Crippen LogP) is 11.1. The monoisotopic (exact) mass is 574 g/mol. The summed E-state index contributed by atoms with van der Waals surface area (Å²) >= 11 is 5.57. The highest BCUT2D eigenvalue weighted by Crippen LogP contribution is 2.58. The lowest BCUT2D eigenvalue weighted by atomic mass is 9.71. The van der Waals surface area contributed by atoms with Crippen LogP contribution in [-0.4, -0.2) is 12.9 Å². The predicted molar refractivity (Wildman–Crippen MR) is 160 cm³/mol. The van der Waals surface area contributed by atoms with Gasteiger partial charge in [0, 0.05) is 10.3 Å². The van der Waals surface area contributed by atoms with Crippen LogP contribution in [0.1, 0.15) is 138 Å². The maximum absolute atomic E-state index is 11.8. The summed E-state index contributed by atoms with van der Waals surface area (Å²) in [5, 5.41) is 0. The van der Waals surface area contributed by atoms with Gasteiger partial charge in [-0.1, -0.05) is 98.3 Å². The molecule has 0 saturated carbocycles. The third-order valence-electron chi connectivity index (χ3n) is 8.15. The van der Waals surface area contributed by atoms with E-state index in [9.17, 15) is 4.79 Å². The Morgan fingerprint density at radius 1 is 0.889 bits per heavy atom. The van der Waals surface area contributed by atoms with Crippen LogP contribution in [-0.2, 0) is 5.41 Å². The summed E-state index contributed by atoms with van der Waals surface area (Å²) in [4.78, 5) is 14.0. The fourth-order valence-electron chi connectivity index (χ4n) is 5.89. The second-order valence-corrected chi connectivity index (χ2v) is 12.7. The van der Waals surface area contributed by atoms with Gasteiger partial charge in [-0.2, -0.15) is 0 Å². The third-order valence-corrected chi connectivity index (χ3v) is 9.86. The highest BCUT2D eigenvalue weighted by molar-refractivity contribution is 9.10. The zero-order valence-corrected chi connectivity index (χ0v) is 25.5. The molecular weight excluding hydrogens is 528 g/mol. The number of carbonyl (C=O) groups is 1. The summed E-state index contributed by atoms with van der Waals surface area (Å²) < 4.78 is 7.52. The molecule has 200 valence electrons. The van der Waals surface area contributed by atoms with E-state index < -0.39 is 0 Å². The zero-order valence-electron chi connectivity index (χ0n) is 23.1. The quantitative estimate of drug-likeness (QED) is 0.131. The second kappa shape index (κ2) is 14.7. The molecule has 4 heteroatoms. The maximum atomic E-state index is 11.8. The minimum absolute atomic E-state index is 0.0119. The van der Waals surface area contributed by atoms with Gasteiger partial charge in [-0.3, -0.25) is 4.79 Å². The van der Waals surface area contributed by atoms with Gasteiger partial charge in [-0.15, -0.1) is 11.3 Å². The number of thiophene rings is 1. The molecule has 1 unspecified atom stereocenters. The number of unbranched alkanes of at least 4 members (excludes halogenated alkanes) is 7. The molecule has 0 aliphatic heterocycles. The van der Waals surface area contributed by atoms with Crippen molar-refractivity contribution in [3.05, 3.63) is 38.7 Å². The van der Waals surface area contributed by atoms with Crippen LogP contribution in [0, 0.1) is 5.92 Å². The highest BCUT2D eigenvalue weighted by Gasteiger charge is 2.44. The molecule has 0 spiro atoms. The largest absolute Gasteiger partial charge is 0.492 e. The van der Waals surface area contributed by atoms with Crippen molar-refractivity contribution >= 4 is 33.6 Å². The molecule has 36 heavy (non-hydrogen) atoms. The number of hydrogen-bond acceptors (Lipinski definition) is 3. The van der Waals surface area contributed by atoms with Gasteiger partial charge < -0.3 is 4.74 Å². The summed E-state index contributed by atoms with van der Waals surface area (Å²) in [6, 6.07) is 6.85. The average molecular weight is 576 g/mol. The van der Waals surface area contributed by atoms with E-state index in [-0.39, 0.29) is 5.41 Å². The van der Waals surface area contributed by atoms with Crippen LogP contribution in [0.25, 0.3) is 10.4 Å². The van der Waals surface area contributed by atoms with Gasteiger partial charge in [0.25, 0.3) is 0 Å². The van der Waals surface area contributed by atoms with Gasteiger partial charge in [-0.05, 0) is 76.0 Å². The first-order valence-electron chi connectivity index (χ1n) is 14.6. The van der Waals surface area contributed by atoms with E-state index >= 15 is 0 Å². The number of benzene rings is 1. The first-order chi connectivity index (χ1) is 17.5. The van der Waals surface area contributed by atoms with Crippen LogP contribution in [0.5, 0.6) is 5.75 Å². The second-order valence-electron chi connectivity index (χ2n) is 10.8. The molecule has 1 aromatic heterocycles. The summed E-state index contributed by atoms with van der Waals surface area (Å²) in [6.07, 6.45) is 18.4. The van der Waals surface area contributed by atoms with Crippen LogP contribution in [0.4, 0.5) is 0 Å². The number of fused-ring (bicyclic) bond motifs is 3. The summed E-state index contributed by atoms with van der Waals surface area (Å²) in [5.41, 5.74) is 4.16. The third kappa shape index (κ3) is 6.84. The van der Waals surface area contributed by atoms with E-state index in [1.807, 2.05) is 0 Å². The average Bonchev–Trinajstić information content (AvgIpc) is 3.42. The van der Waals surface area contributed by atoms with Gasteiger partial charge in [0.05, 0.1) is 16.0 Å². The maximum Gasteiger partial charge on any atom is 0.160 e. The Bertz CT molecular complexity index is 951. The van der Waals surface area contributed by atoms with Crippen molar-refractivity contribution in [2.24, 2.45) is 5.92 Å². The Balaban J connectivity index is 1.98. The lowest BCUT2D eigenvalue weighted by molar-refractivity contribution is 0.112. The minimum Gasteiger partial charge on any atom is -0.492 e. The molecular formula is C32H47BrO2S. The van der Waals surface area contributed by atoms with Crippen molar-refractivity contribution in [1.29, 1.82) is 0 Å². The molecule has 0 radical (unpaired) electrons. The van der Waals surface area contributed by atoms with Gasteiger partial charge in [0.2, 0.25) is 0 Å². The highest BCUT2D eigenvalue weighted by atomic mass is 79.9. The molecule has 2 aromatic rings. The molecule has 0 fully saturated rings. The van der Waals surface area contributed by atoms with Gasteiger partial charge in [0.1, 0.15) is 5.75 Å². The Kier molecular flexibility index (Phi) is 12.0. The summed E-state index contributed by atoms with van der Waals surface area (Å²) in [7, 11) is 0. The number of ether oxygens (including phenoxy) is 1. The molecule has 0 bridgehead atoms. The van der Waals surface area contributed by atoms with E-state index in [4.69, 9.17) is 4.74 Å². The molecule has 1 heterocycles. The Morgan fingerprint density at radius 3 is 2.14 bits per heavy atom. The van der Waals surface area contributed by atoms with E-state index in [1.54, 1.807) is 11.3 Å². The van der Waals surface area contributed by atoms with Crippen molar-refractivity contribution in [3.8, 4) is 16.2 Å². The Morgan fingerprint density at radius 2 is 1.56 bits per heavy atom. The molecule has 0 N–H and O–H groups in total. The Labute approximate surface area is 232 Å². The molecule has 0 amide bonds. The van der Waals surface area contributed by atoms with Crippen molar-refractivity contribution in [2.75, 3.05) is 6.61 Å². The molecule has 1 atom stereocenters. The number of halogens is 1. The van der Waals surface area contributed by atoms with Crippen molar-refractivity contribution in [3.63, 3.8) is 0 Å². The molecule has 1 aliphatic rings. The lowest BCUT2D eigenvalue weighted by Gasteiger charge is -2.32. The smallest absolute Gasteiger partial charge is 0.160 e. The van der Waals surface area contributed by atoms with Crippen LogP contribution < -0.4 is 4.74 Å². The number of carbonyl (C=O) groups excluding carboxylic acids is 1. The van der Waals surface area contributed by atoms with Crippen LogP contribution in [0.2, 0.25) is 0 Å². The molecule has 0 saturated heterocycles. The van der Waals surface area contributed by atoms with Crippen molar-refractivity contribution < 1.29 is 9.53 Å². The van der Waals surface area contributed by atoms with Gasteiger partial charge in [0.15, 0.2) is 6.29 Å². The lowest BCUT2D eigenvalue weighted by Crippen LogP contribution is -2.25. The van der Waals surface area contributed by atoms with Crippen LogP contribution in [0.15, 0.2) is 22.7 Å². The summed E-state index contributed by atoms with van der Waals surface area (Å²) in [6.45, 7) is 9.86. The van der Waals surface area contributed by atoms with E-state index in [2.05, 4.69) is 61.8 Å². The standard InChI is InChI=1S/C32H47BrO2S/c1-5-9-12-14-17-32(18-15-13-10-6-2)27-21-29(33)30(35-23-24(8-4)16-11-7-3)20-26(27)31-28(32)19-25(22-34)36-31/h19-22,24H,5-18,23H2,1-4H3. The van der Waals surface area contributed by atoms with Gasteiger partial charge >= 0.3 is 0 Å². The first-order valence-corrected chi connectivity index (χ1v) is 16.2. The van der Waals surface area contributed by atoms with E-state index in [0.717, 1.165) is 47.3 Å². The van der Waals surface area contributed by atoms with Crippen molar-refractivity contribution in [2.45, 2.75) is 123 Å². The normalized spacial score (nSPS) is 14.5. The Hall–Kier alpha value is -1.13. The fraction of sp³-hybridized carbons (Fsp3) is 0.656. The number of rotatable bonds is 18. The molecule has 1 aliphatic carbocycles. The summed E-state index contributed by atoms with van der Waals surface area (Å²) in [5.74, 6) is 1.55. The molecule has 3 rings (SSSR count). The molecule has 1 aromatic carbocycles. The first kappa shape index (κ1) is 29.4. The number of aldehydes is 1. The number of hydrogen-bond donors (Lipinski definition) is 0. The SMILES string of the molecule is CCCCCCC1(CCCCCC)c2cc(Br)c(OCC(CC)CCCC)cc2-c2sc(C=O)cc21. The minimum atomic E-state index is 0.0119.